The molecular weight excluding hydrogens is 302 g/mol. The summed E-state index contributed by atoms with van der Waals surface area (Å²) in [4.78, 5) is 30.4. The first-order valence-electron chi connectivity index (χ1n) is 7.79. The van der Waals surface area contributed by atoms with E-state index in [1.807, 2.05) is 24.3 Å². The Morgan fingerprint density at radius 3 is 2.55 bits per heavy atom. The lowest BCUT2D eigenvalue weighted by Crippen LogP contribution is -2.43. The lowest BCUT2D eigenvalue weighted by atomic mass is 10.2. The fraction of sp³-hybridized carbons (Fsp3) is 0.500. The molecule has 0 radical (unpaired) electrons. The van der Waals surface area contributed by atoms with Gasteiger partial charge in [-0.05, 0) is 43.5 Å². The van der Waals surface area contributed by atoms with E-state index in [4.69, 9.17) is 11.6 Å². The third-order valence-corrected chi connectivity index (χ3v) is 5.20. The lowest BCUT2D eigenvalue weighted by molar-refractivity contribution is -0.129. The van der Waals surface area contributed by atoms with Crippen molar-refractivity contribution in [3.8, 4) is 0 Å². The van der Waals surface area contributed by atoms with Crippen molar-refractivity contribution in [1.29, 1.82) is 0 Å². The minimum Gasteiger partial charge on any atom is -0.369 e. The molecule has 1 aromatic carbocycles. The van der Waals surface area contributed by atoms with E-state index in [2.05, 4.69) is 4.90 Å². The van der Waals surface area contributed by atoms with Gasteiger partial charge < -0.3 is 9.80 Å². The zero-order valence-corrected chi connectivity index (χ0v) is 13.0. The molecule has 3 aliphatic heterocycles. The zero-order chi connectivity index (χ0) is 15.3. The van der Waals surface area contributed by atoms with Crippen molar-refractivity contribution in [3.05, 3.63) is 29.3 Å². The average Bonchev–Trinajstić information content (AvgIpc) is 3.20. The van der Waals surface area contributed by atoms with Crippen LogP contribution in [0.15, 0.2) is 24.3 Å². The first-order chi connectivity index (χ1) is 10.6. The van der Waals surface area contributed by atoms with Crippen LogP contribution >= 0.6 is 11.6 Å². The van der Waals surface area contributed by atoms with Crippen molar-refractivity contribution in [3.63, 3.8) is 0 Å². The summed E-state index contributed by atoms with van der Waals surface area (Å²) in [6.45, 7) is 2.28. The summed E-state index contributed by atoms with van der Waals surface area (Å²) in [6, 6.07) is 7.40. The molecule has 4 rings (SSSR count). The Hall–Kier alpha value is -1.75. The highest BCUT2D eigenvalue weighted by Gasteiger charge is 2.50. The standard InChI is InChI=1S/C16H18ClN3O2/c17-11-3-5-12(6-4-11)18-9-7-13(10-18)20-15(21)14-2-1-8-19(14)16(20)22/h3-6,13-14H,1-2,7-10H2/t13-,14-/m1/s1. The number of rotatable bonds is 2. The van der Waals surface area contributed by atoms with Crippen LogP contribution in [0.25, 0.3) is 0 Å². The molecule has 0 saturated carbocycles. The van der Waals surface area contributed by atoms with E-state index in [0.717, 1.165) is 38.0 Å². The second kappa shape index (κ2) is 5.16. The molecule has 0 unspecified atom stereocenters. The fourth-order valence-electron chi connectivity index (χ4n) is 3.82. The van der Waals surface area contributed by atoms with Gasteiger partial charge in [0, 0.05) is 30.3 Å². The molecule has 0 aliphatic carbocycles. The largest absolute Gasteiger partial charge is 0.369 e. The van der Waals surface area contributed by atoms with Crippen LogP contribution in [0.4, 0.5) is 10.5 Å². The molecule has 2 atom stereocenters. The van der Waals surface area contributed by atoms with Crippen molar-refractivity contribution in [1.82, 2.24) is 9.80 Å². The number of amides is 3. The zero-order valence-electron chi connectivity index (χ0n) is 12.2. The van der Waals surface area contributed by atoms with E-state index in [-0.39, 0.29) is 24.0 Å². The summed E-state index contributed by atoms with van der Waals surface area (Å²) in [5.41, 5.74) is 1.09. The van der Waals surface area contributed by atoms with E-state index in [0.29, 0.717) is 11.6 Å². The van der Waals surface area contributed by atoms with E-state index in [1.54, 1.807) is 4.90 Å². The summed E-state index contributed by atoms with van der Waals surface area (Å²) >= 11 is 5.92. The highest BCUT2D eigenvalue weighted by atomic mass is 35.5. The van der Waals surface area contributed by atoms with Gasteiger partial charge in [-0.25, -0.2) is 4.79 Å². The van der Waals surface area contributed by atoms with E-state index < -0.39 is 0 Å². The Balaban J connectivity index is 1.50. The van der Waals surface area contributed by atoms with Gasteiger partial charge in [0.2, 0.25) is 0 Å². The van der Waals surface area contributed by atoms with Crippen LogP contribution in [0.1, 0.15) is 19.3 Å². The molecule has 3 aliphatic rings. The summed E-state index contributed by atoms with van der Waals surface area (Å²) in [7, 11) is 0. The molecule has 0 spiro atoms. The first kappa shape index (κ1) is 13.9. The van der Waals surface area contributed by atoms with Crippen molar-refractivity contribution in [2.45, 2.75) is 31.3 Å². The molecule has 0 N–H and O–H groups in total. The monoisotopic (exact) mass is 319 g/mol. The van der Waals surface area contributed by atoms with Gasteiger partial charge in [-0.3, -0.25) is 9.69 Å². The molecule has 1 aromatic rings. The maximum atomic E-state index is 12.5. The fourth-order valence-corrected chi connectivity index (χ4v) is 3.95. The Kier molecular flexibility index (Phi) is 3.26. The van der Waals surface area contributed by atoms with Crippen LogP contribution in [0.3, 0.4) is 0 Å². The van der Waals surface area contributed by atoms with Gasteiger partial charge in [0.15, 0.2) is 0 Å². The van der Waals surface area contributed by atoms with Crippen LogP contribution < -0.4 is 4.90 Å². The molecule has 0 aromatic heterocycles. The Labute approximate surface area is 134 Å². The van der Waals surface area contributed by atoms with Gasteiger partial charge in [-0.2, -0.15) is 0 Å². The predicted octanol–water partition coefficient (Wildman–Crippen LogP) is 2.35. The number of carbonyl (C=O) groups is 2. The molecule has 0 bridgehead atoms. The molecule has 5 nitrogen and oxygen atoms in total. The maximum Gasteiger partial charge on any atom is 0.327 e. The van der Waals surface area contributed by atoms with Crippen LogP contribution in [-0.2, 0) is 4.79 Å². The van der Waals surface area contributed by atoms with Gasteiger partial charge in [0.1, 0.15) is 6.04 Å². The highest BCUT2D eigenvalue weighted by molar-refractivity contribution is 6.30. The number of fused-ring (bicyclic) bond motifs is 1. The SMILES string of the molecule is O=C1[C@H]2CCCN2C(=O)N1[C@@H]1CCN(c2ccc(Cl)cc2)C1. The van der Waals surface area contributed by atoms with E-state index in [9.17, 15) is 9.59 Å². The van der Waals surface area contributed by atoms with Crippen LogP contribution in [0.5, 0.6) is 0 Å². The van der Waals surface area contributed by atoms with Crippen molar-refractivity contribution < 1.29 is 9.59 Å². The van der Waals surface area contributed by atoms with Gasteiger partial charge in [-0.1, -0.05) is 11.6 Å². The first-order valence-corrected chi connectivity index (χ1v) is 8.17. The number of halogens is 1. The molecule has 3 amide bonds. The molecule has 3 saturated heterocycles. The predicted molar refractivity (Wildman–Crippen MR) is 84.0 cm³/mol. The second-order valence-corrected chi connectivity index (χ2v) is 6.64. The minimum atomic E-state index is -0.197. The Morgan fingerprint density at radius 1 is 1.05 bits per heavy atom. The number of hydrogen-bond donors (Lipinski definition) is 0. The second-order valence-electron chi connectivity index (χ2n) is 6.21. The van der Waals surface area contributed by atoms with Crippen LogP contribution in [0, 0.1) is 0 Å². The highest BCUT2D eigenvalue weighted by Crippen LogP contribution is 2.32. The van der Waals surface area contributed by atoms with Gasteiger partial charge in [-0.15, -0.1) is 0 Å². The lowest BCUT2D eigenvalue weighted by Gasteiger charge is -2.24. The van der Waals surface area contributed by atoms with Crippen LogP contribution in [-0.4, -0.2) is 53.5 Å². The number of urea groups is 1. The van der Waals surface area contributed by atoms with Gasteiger partial charge >= 0.3 is 6.03 Å². The third kappa shape index (κ3) is 2.07. The van der Waals surface area contributed by atoms with Crippen molar-refractivity contribution >= 4 is 29.2 Å². The molecule has 22 heavy (non-hydrogen) atoms. The average molecular weight is 320 g/mol. The van der Waals surface area contributed by atoms with Gasteiger partial charge in [0.05, 0.1) is 6.04 Å². The smallest absolute Gasteiger partial charge is 0.327 e. The Morgan fingerprint density at radius 2 is 1.82 bits per heavy atom. The van der Waals surface area contributed by atoms with Crippen molar-refractivity contribution in [2.24, 2.45) is 0 Å². The number of imide groups is 1. The molecule has 3 fully saturated rings. The quantitative estimate of drug-likeness (QED) is 0.786. The van der Waals surface area contributed by atoms with Crippen LogP contribution in [0.2, 0.25) is 5.02 Å². The summed E-state index contributed by atoms with van der Waals surface area (Å²) < 4.78 is 0. The van der Waals surface area contributed by atoms with E-state index in [1.165, 1.54) is 4.90 Å². The minimum absolute atomic E-state index is 0.00505. The molecule has 3 heterocycles. The molecule has 116 valence electrons. The number of hydrogen-bond acceptors (Lipinski definition) is 3. The molecular formula is C16H18ClN3O2. The Bertz CT molecular complexity index is 596. The number of carbonyl (C=O) groups excluding carboxylic acids is 2. The topological polar surface area (TPSA) is 43.9 Å². The van der Waals surface area contributed by atoms with Crippen molar-refractivity contribution in [2.75, 3.05) is 24.5 Å². The van der Waals surface area contributed by atoms with E-state index >= 15 is 0 Å². The molecule has 6 heteroatoms. The van der Waals surface area contributed by atoms with Gasteiger partial charge in [0.25, 0.3) is 5.91 Å². The third-order valence-electron chi connectivity index (χ3n) is 4.95. The summed E-state index contributed by atoms with van der Waals surface area (Å²) in [5.74, 6) is 0.00505. The maximum absolute atomic E-state index is 12.5. The summed E-state index contributed by atoms with van der Waals surface area (Å²) in [5, 5.41) is 0.713. The number of nitrogens with zero attached hydrogens (tertiary/aromatic N) is 3. The number of anilines is 1. The number of benzene rings is 1. The normalized spacial score (nSPS) is 28.0. The summed E-state index contributed by atoms with van der Waals surface area (Å²) in [6.07, 6.45) is 2.59.